The van der Waals surface area contributed by atoms with Gasteiger partial charge in [-0.05, 0) is 16.7 Å². The summed E-state index contributed by atoms with van der Waals surface area (Å²) in [6, 6.07) is 26.4. The van der Waals surface area contributed by atoms with E-state index in [2.05, 4.69) is 5.32 Å². The molecule has 0 saturated heterocycles. The molecule has 0 saturated carbocycles. The lowest BCUT2D eigenvalue weighted by Crippen LogP contribution is -2.42. The fourth-order valence-electron chi connectivity index (χ4n) is 3.05. The molecule has 0 radical (unpaired) electrons. The molecule has 3 rings (SSSR count). The largest absolute Gasteiger partial charge is 0.479 e. The van der Waals surface area contributed by atoms with Gasteiger partial charge in [0.1, 0.15) is 13.4 Å². The summed E-state index contributed by atoms with van der Waals surface area (Å²) in [4.78, 5) is 24.4. The molecule has 2 N–H and O–H groups in total. The number of hydrogen-bond acceptors (Lipinski definition) is 5. The Bertz CT molecular complexity index is 965. The number of carbonyl (C=O) groups is 2. The van der Waals surface area contributed by atoms with E-state index in [-0.39, 0.29) is 20.0 Å². The molecule has 0 aromatic heterocycles. The standard InChI is InChI=1S/C25H25NO6/c27-24(28)23(32-18-30-16-19-10-4-1-5-11-19)22(21-14-8-3-9-15-21)26-25(29)31-17-20-12-6-2-7-13-20/h1-15,22-23H,16-18H2,(H,26,29)(H,27,28). The van der Waals surface area contributed by atoms with E-state index in [1.165, 1.54) is 0 Å². The van der Waals surface area contributed by atoms with E-state index in [4.69, 9.17) is 14.2 Å². The van der Waals surface area contributed by atoms with Crippen LogP contribution in [0, 0.1) is 0 Å². The number of alkyl carbamates (subject to hydrolysis) is 1. The van der Waals surface area contributed by atoms with Crippen LogP contribution in [0.1, 0.15) is 22.7 Å². The first-order chi connectivity index (χ1) is 15.6. The van der Waals surface area contributed by atoms with Gasteiger partial charge in [-0.25, -0.2) is 9.59 Å². The van der Waals surface area contributed by atoms with Crippen molar-refractivity contribution in [2.45, 2.75) is 25.4 Å². The van der Waals surface area contributed by atoms with E-state index in [0.717, 1.165) is 11.1 Å². The molecule has 0 fully saturated rings. The maximum absolute atomic E-state index is 12.4. The van der Waals surface area contributed by atoms with Gasteiger partial charge in [0.25, 0.3) is 0 Å². The summed E-state index contributed by atoms with van der Waals surface area (Å²) in [6.45, 7) is 0.0820. The third-order valence-electron chi connectivity index (χ3n) is 4.63. The van der Waals surface area contributed by atoms with Crippen LogP contribution in [0.15, 0.2) is 91.0 Å². The molecule has 2 atom stereocenters. The minimum atomic E-state index is -1.38. The molecule has 0 aliphatic heterocycles. The Kier molecular flexibility index (Phi) is 8.80. The Hall–Kier alpha value is -3.68. The fourth-order valence-corrected chi connectivity index (χ4v) is 3.05. The number of aliphatic carboxylic acids is 1. The molecule has 0 aliphatic rings. The van der Waals surface area contributed by atoms with E-state index >= 15 is 0 Å². The first-order valence-electron chi connectivity index (χ1n) is 10.1. The number of ether oxygens (including phenoxy) is 3. The lowest BCUT2D eigenvalue weighted by Gasteiger charge is -2.25. The molecule has 32 heavy (non-hydrogen) atoms. The van der Waals surface area contributed by atoms with Gasteiger partial charge in [-0.2, -0.15) is 0 Å². The Morgan fingerprint density at radius 1 is 0.781 bits per heavy atom. The summed E-state index contributed by atoms with van der Waals surface area (Å²) in [5, 5.41) is 12.4. The minimum Gasteiger partial charge on any atom is -0.479 e. The van der Waals surface area contributed by atoms with Gasteiger partial charge in [-0.3, -0.25) is 0 Å². The van der Waals surface area contributed by atoms with E-state index in [0.29, 0.717) is 5.56 Å². The highest BCUT2D eigenvalue weighted by molar-refractivity contribution is 5.76. The van der Waals surface area contributed by atoms with Crippen molar-refractivity contribution >= 4 is 12.1 Å². The molecule has 7 nitrogen and oxygen atoms in total. The zero-order chi connectivity index (χ0) is 22.6. The number of amides is 1. The third kappa shape index (κ3) is 7.23. The number of carbonyl (C=O) groups excluding carboxylic acids is 1. The lowest BCUT2D eigenvalue weighted by atomic mass is 10.0. The smallest absolute Gasteiger partial charge is 0.408 e. The molecule has 3 aromatic rings. The predicted molar refractivity (Wildman–Crippen MR) is 118 cm³/mol. The van der Waals surface area contributed by atoms with Gasteiger partial charge in [0, 0.05) is 0 Å². The van der Waals surface area contributed by atoms with Crippen molar-refractivity contribution in [2.75, 3.05) is 6.79 Å². The van der Waals surface area contributed by atoms with Gasteiger partial charge in [0.05, 0.1) is 12.6 Å². The fraction of sp³-hybridized carbons (Fsp3) is 0.200. The van der Waals surface area contributed by atoms with Crippen LogP contribution < -0.4 is 5.32 Å². The van der Waals surface area contributed by atoms with Gasteiger partial charge in [0.2, 0.25) is 0 Å². The molecule has 0 bridgehead atoms. The molecular formula is C25H25NO6. The maximum atomic E-state index is 12.4. The second-order valence-electron chi connectivity index (χ2n) is 6.97. The maximum Gasteiger partial charge on any atom is 0.408 e. The summed E-state index contributed by atoms with van der Waals surface area (Å²) < 4.78 is 16.2. The van der Waals surface area contributed by atoms with Crippen LogP contribution in [0.5, 0.6) is 0 Å². The molecule has 0 heterocycles. The van der Waals surface area contributed by atoms with E-state index in [9.17, 15) is 14.7 Å². The average Bonchev–Trinajstić information content (AvgIpc) is 2.83. The van der Waals surface area contributed by atoms with Crippen molar-refractivity contribution in [3.63, 3.8) is 0 Å². The van der Waals surface area contributed by atoms with Crippen molar-refractivity contribution in [2.24, 2.45) is 0 Å². The van der Waals surface area contributed by atoms with Gasteiger partial charge in [-0.1, -0.05) is 91.0 Å². The number of carboxylic acid groups (broad SMARTS) is 1. The number of hydrogen-bond donors (Lipinski definition) is 2. The van der Waals surface area contributed by atoms with Gasteiger partial charge in [0.15, 0.2) is 6.10 Å². The normalized spacial score (nSPS) is 12.5. The van der Waals surface area contributed by atoms with Crippen molar-refractivity contribution in [1.82, 2.24) is 5.32 Å². The molecule has 0 spiro atoms. The molecule has 0 aliphatic carbocycles. The van der Waals surface area contributed by atoms with Gasteiger partial charge < -0.3 is 24.6 Å². The monoisotopic (exact) mass is 435 g/mol. The SMILES string of the molecule is O=C(NC(c1ccccc1)C(OCOCc1ccccc1)C(=O)O)OCc1ccccc1. The van der Waals surface area contributed by atoms with Crippen molar-refractivity contribution in [3.8, 4) is 0 Å². The Morgan fingerprint density at radius 3 is 1.88 bits per heavy atom. The van der Waals surface area contributed by atoms with Crippen LogP contribution in [0.4, 0.5) is 4.79 Å². The summed E-state index contributed by atoms with van der Waals surface area (Å²) in [7, 11) is 0. The van der Waals surface area contributed by atoms with Crippen molar-refractivity contribution in [3.05, 3.63) is 108 Å². The highest BCUT2D eigenvalue weighted by Gasteiger charge is 2.32. The van der Waals surface area contributed by atoms with Crippen LogP contribution in [0.3, 0.4) is 0 Å². The van der Waals surface area contributed by atoms with Crippen LogP contribution in [-0.4, -0.2) is 30.1 Å². The molecule has 7 heteroatoms. The summed E-state index contributed by atoms with van der Waals surface area (Å²) in [6.07, 6.45) is -2.12. The number of rotatable bonds is 11. The zero-order valence-corrected chi connectivity index (χ0v) is 17.4. The van der Waals surface area contributed by atoms with Crippen molar-refractivity contribution < 1.29 is 28.9 Å². The highest BCUT2D eigenvalue weighted by Crippen LogP contribution is 2.20. The Morgan fingerprint density at radius 2 is 1.31 bits per heavy atom. The quantitative estimate of drug-likeness (QED) is 0.345. The average molecular weight is 435 g/mol. The Balaban J connectivity index is 1.63. The first-order valence-corrected chi connectivity index (χ1v) is 10.1. The van der Waals surface area contributed by atoms with E-state index < -0.39 is 24.2 Å². The molecule has 3 aromatic carbocycles. The van der Waals surface area contributed by atoms with Crippen molar-refractivity contribution in [1.29, 1.82) is 0 Å². The van der Waals surface area contributed by atoms with Crippen LogP contribution in [-0.2, 0) is 32.2 Å². The number of nitrogens with one attached hydrogen (secondary N) is 1. The predicted octanol–water partition coefficient (Wildman–Crippen LogP) is 4.30. The third-order valence-corrected chi connectivity index (χ3v) is 4.63. The van der Waals surface area contributed by atoms with Gasteiger partial charge in [-0.15, -0.1) is 0 Å². The molecule has 1 amide bonds. The topological polar surface area (TPSA) is 94.1 Å². The molecule has 166 valence electrons. The minimum absolute atomic E-state index is 0.0625. The molecule has 2 unspecified atom stereocenters. The summed E-state index contributed by atoms with van der Waals surface area (Å²) in [5.74, 6) is -1.23. The highest BCUT2D eigenvalue weighted by atomic mass is 16.7. The van der Waals surface area contributed by atoms with Crippen LogP contribution in [0.25, 0.3) is 0 Å². The van der Waals surface area contributed by atoms with E-state index in [1.54, 1.807) is 30.3 Å². The molecular weight excluding hydrogens is 410 g/mol. The van der Waals surface area contributed by atoms with Crippen LogP contribution in [0.2, 0.25) is 0 Å². The lowest BCUT2D eigenvalue weighted by molar-refractivity contribution is -0.165. The summed E-state index contributed by atoms with van der Waals surface area (Å²) >= 11 is 0. The van der Waals surface area contributed by atoms with E-state index in [1.807, 2.05) is 60.7 Å². The first kappa shape index (κ1) is 23.0. The zero-order valence-electron chi connectivity index (χ0n) is 17.4. The summed E-state index contributed by atoms with van der Waals surface area (Å²) in [5.41, 5.74) is 2.32. The Labute approximate surface area is 186 Å². The number of benzene rings is 3. The second kappa shape index (κ2) is 12.2. The number of carboxylic acids is 1. The van der Waals surface area contributed by atoms with Crippen LogP contribution >= 0.6 is 0 Å². The van der Waals surface area contributed by atoms with Gasteiger partial charge >= 0.3 is 12.1 Å². The second-order valence-corrected chi connectivity index (χ2v) is 6.97.